The van der Waals surface area contributed by atoms with Gasteiger partial charge in [0.2, 0.25) is 0 Å². The largest absolute Gasteiger partial charge is 0.493 e. The average molecular weight is 724 g/mol. The number of amides is 2. The Bertz CT molecular complexity index is 2050. The summed E-state index contributed by atoms with van der Waals surface area (Å²) in [6.45, 7) is 2.77. The maximum absolute atomic E-state index is 13.9. The minimum absolute atomic E-state index is 0.0366. The number of hydrogen-bond donors (Lipinski definition) is 3. The summed E-state index contributed by atoms with van der Waals surface area (Å²) in [4.78, 5) is 49.2. The lowest BCUT2D eigenvalue weighted by Gasteiger charge is -2.21. The van der Waals surface area contributed by atoms with Crippen LogP contribution >= 0.6 is 0 Å². The van der Waals surface area contributed by atoms with Crippen molar-refractivity contribution in [3.8, 4) is 11.5 Å². The molecule has 2 amide bonds. The van der Waals surface area contributed by atoms with Crippen LogP contribution in [0.25, 0.3) is 11.0 Å². The molecule has 0 aliphatic carbocycles. The lowest BCUT2D eigenvalue weighted by molar-refractivity contribution is -0.134. The number of ether oxygens (including phenoxy) is 3. The molecule has 5 aromatic rings. The fourth-order valence-corrected chi connectivity index (χ4v) is 5.47. The van der Waals surface area contributed by atoms with Crippen molar-refractivity contribution in [1.29, 1.82) is 5.41 Å². The zero-order chi connectivity index (χ0) is 37.7. The maximum atomic E-state index is 13.9. The molecule has 13 nitrogen and oxygen atoms in total. The van der Waals surface area contributed by atoms with Crippen molar-refractivity contribution in [2.24, 2.45) is 7.05 Å². The van der Waals surface area contributed by atoms with Crippen LogP contribution in [0.2, 0.25) is 0 Å². The summed E-state index contributed by atoms with van der Waals surface area (Å²) in [5, 5.41) is 14.0. The molecule has 2 heterocycles. The molecule has 0 aliphatic rings. The van der Waals surface area contributed by atoms with Gasteiger partial charge in [-0.3, -0.25) is 25.2 Å². The van der Waals surface area contributed by atoms with Gasteiger partial charge in [-0.1, -0.05) is 32.3 Å². The number of rotatable bonds is 16. The van der Waals surface area contributed by atoms with Crippen molar-refractivity contribution in [1.82, 2.24) is 19.9 Å². The SMILES string of the molecule is CCCCCCOC(=O)NC(=N)c1ccc(NCc2nc3cc(C(=O)N(CCC(=O)Oc4ccc(F)cc4OC)c4ccccn4)ccc3n2C)cc1. The molecular formula is C39H42FN7O6. The number of alkyl carbamates (subject to hydrolysis) is 1. The molecule has 0 unspecified atom stereocenters. The van der Waals surface area contributed by atoms with E-state index in [1.807, 2.05) is 17.7 Å². The third-order valence-corrected chi connectivity index (χ3v) is 8.36. The molecule has 3 N–H and O–H groups in total. The fraction of sp³-hybridized carbons (Fsp3) is 0.282. The molecule has 5 rings (SSSR count). The number of benzene rings is 3. The molecule has 0 saturated heterocycles. The molecule has 0 saturated carbocycles. The molecule has 3 aromatic carbocycles. The molecular weight excluding hydrogens is 681 g/mol. The predicted octanol–water partition coefficient (Wildman–Crippen LogP) is 7.00. The quantitative estimate of drug-likeness (QED) is 0.0320. The Morgan fingerprint density at radius 2 is 1.74 bits per heavy atom. The number of imidazole rings is 1. The Balaban J connectivity index is 1.21. The number of methoxy groups -OCH3 is 1. The van der Waals surface area contributed by atoms with Gasteiger partial charge in [-0.05, 0) is 73.2 Å². The summed E-state index contributed by atoms with van der Waals surface area (Å²) in [7, 11) is 3.23. The minimum Gasteiger partial charge on any atom is -0.493 e. The maximum Gasteiger partial charge on any atom is 0.412 e. The number of carbonyl (C=O) groups excluding carboxylic acids is 3. The van der Waals surface area contributed by atoms with E-state index in [1.165, 1.54) is 18.1 Å². The third kappa shape index (κ3) is 10.2. The van der Waals surface area contributed by atoms with Gasteiger partial charge in [0.15, 0.2) is 11.5 Å². The van der Waals surface area contributed by atoms with Gasteiger partial charge in [0.25, 0.3) is 5.91 Å². The van der Waals surface area contributed by atoms with Crippen molar-refractivity contribution in [3.05, 3.63) is 108 Å². The highest BCUT2D eigenvalue weighted by Gasteiger charge is 2.22. The van der Waals surface area contributed by atoms with Crippen molar-refractivity contribution < 1.29 is 33.0 Å². The number of aryl methyl sites for hydroxylation is 1. The Hall–Kier alpha value is -6.31. The van der Waals surface area contributed by atoms with Crippen LogP contribution in [0.1, 0.15) is 60.8 Å². The number of carbonyl (C=O) groups is 3. The van der Waals surface area contributed by atoms with Gasteiger partial charge in [0, 0.05) is 42.7 Å². The lowest BCUT2D eigenvalue weighted by Crippen LogP contribution is -2.34. The number of esters is 1. The minimum atomic E-state index is -0.644. The number of fused-ring (bicyclic) bond motifs is 1. The van der Waals surface area contributed by atoms with E-state index in [2.05, 4.69) is 22.5 Å². The summed E-state index contributed by atoms with van der Waals surface area (Å²) in [5.74, 6) is -0.405. The monoisotopic (exact) mass is 723 g/mol. The Morgan fingerprint density at radius 1 is 0.943 bits per heavy atom. The first-order valence-corrected chi connectivity index (χ1v) is 17.3. The number of unbranched alkanes of at least 4 members (excludes halogenated alkanes) is 3. The standard InChI is InChI=1S/C39H42FN7O6/c1-4-5-6-9-22-52-39(50)45-37(41)26-11-15-29(16-12-26)43-25-35-44-30-23-27(13-17-31(30)46(35)2)38(49)47(34-10-7-8-20-42-34)21-19-36(48)53-32-18-14-28(40)24-33(32)51-3/h7-8,10-18,20,23-24,43H,4-6,9,19,21-22,25H2,1-3H3,(H2,41,45,50). The highest BCUT2D eigenvalue weighted by atomic mass is 19.1. The first-order chi connectivity index (χ1) is 25.7. The smallest absolute Gasteiger partial charge is 0.412 e. The van der Waals surface area contributed by atoms with Crippen LogP contribution in [-0.4, -0.2) is 58.6 Å². The number of amidine groups is 1. The Kier molecular flexibility index (Phi) is 13.1. The summed E-state index contributed by atoms with van der Waals surface area (Å²) in [5.41, 5.74) is 3.08. The molecule has 2 aromatic heterocycles. The third-order valence-electron chi connectivity index (χ3n) is 8.36. The predicted molar refractivity (Wildman–Crippen MR) is 199 cm³/mol. The van der Waals surface area contributed by atoms with E-state index in [0.29, 0.717) is 41.4 Å². The molecule has 276 valence electrons. The number of hydrogen-bond acceptors (Lipinski definition) is 10. The van der Waals surface area contributed by atoms with Gasteiger partial charge < -0.3 is 24.1 Å². The van der Waals surface area contributed by atoms with Gasteiger partial charge >= 0.3 is 12.1 Å². The highest BCUT2D eigenvalue weighted by Crippen LogP contribution is 2.28. The number of aromatic nitrogens is 3. The van der Waals surface area contributed by atoms with Crippen LogP contribution in [0.5, 0.6) is 11.5 Å². The van der Waals surface area contributed by atoms with Gasteiger partial charge in [0.05, 0.1) is 37.7 Å². The number of pyridine rings is 1. The second kappa shape index (κ2) is 18.3. The summed E-state index contributed by atoms with van der Waals surface area (Å²) < 4.78 is 31.2. The van der Waals surface area contributed by atoms with Crippen LogP contribution < -0.4 is 25.0 Å². The van der Waals surface area contributed by atoms with Gasteiger partial charge in [-0.15, -0.1) is 0 Å². The van der Waals surface area contributed by atoms with Crippen LogP contribution in [0.4, 0.5) is 20.7 Å². The molecule has 0 fully saturated rings. The topological polar surface area (TPSA) is 161 Å². The van der Waals surface area contributed by atoms with Crippen molar-refractivity contribution >= 4 is 46.3 Å². The molecule has 0 aliphatic heterocycles. The van der Waals surface area contributed by atoms with E-state index in [4.69, 9.17) is 24.6 Å². The summed E-state index contributed by atoms with van der Waals surface area (Å²) in [6.07, 6.45) is 4.72. The number of nitrogens with one attached hydrogen (secondary N) is 3. The van der Waals surface area contributed by atoms with E-state index in [0.717, 1.165) is 49.0 Å². The van der Waals surface area contributed by atoms with Crippen LogP contribution in [0.15, 0.2) is 85.1 Å². The molecule has 53 heavy (non-hydrogen) atoms. The zero-order valence-electron chi connectivity index (χ0n) is 29.9. The van der Waals surface area contributed by atoms with E-state index < -0.39 is 17.9 Å². The second-order valence-corrected chi connectivity index (χ2v) is 12.1. The molecule has 0 radical (unpaired) electrons. The number of nitrogens with zero attached hydrogens (tertiary/aromatic N) is 4. The molecule has 0 bridgehead atoms. The van der Waals surface area contributed by atoms with Crippen LogP contribution in [-0.2, 0) is 23.1 Å². The van der Waals surface area contributed by atoms with Gasteiger partial charge in [0.1, 0.15) is 23.3 Å². The summed E-state index contributed by atoms with van der Waals surface area (Å²) >= 11 is 0. The fourth-order valence-electron chi connectivity index (χ4n) is 5.47. The van der Waals surface area contributed by atoms with Crippen molar-refractivity contribution in [2.75, 3.05) is 30.5 Å². The lowest BCUT2D eigenvalue weighted by atomic mass is 10.1. The van der Waals surface area contributed by atoms with Crippen LogP contribution in [0, 0.1) is 11.2 Å². The Labute approximate surface area is 306 Å². The van der Waals surface area contributed by atoms with E-state index in [-0.39, 0.29) is 36.2 Å². The first kappa shape index (κ1) is 37.9. The molecule has 0 spiro atoms. The van der Waals surface area contributed by atoms with Crippen LogP contribution in [0.3, 0.4) is 0 Å². The number of anilines is 2. The van der Waals surface area contributed by atoms with E-state index in [1.54, 1.807) is 60.8 Å². The highest BCUT2D eigenvalue weighted by molar-refractivity contribution is 6.07. The van der Waals surface area contributed by atoms with Gasteiger partial charge in [-0.25, -0.2) is 19.2 Å². The van der Waals surface area contributed by atoms with Gasteiger partial charge in [-0.2, -0.15) is 0 Å². The van der Waals surface area contributed by atoms with E-state index >= 15 is 0 Å². The van der Waals surface area contributed by atoms with Crippen molar-refractivity contribution in [2.45, 2.75) is 45.6 Å². The summed E-state index contributed by atoms with van der Waals surface area (Å²) in [6, 6.07) is 21.0. The Morgan fingerprint density at radius 3 is 2.47 bits per heavy atom. The number of halogens is 1. The first-order valence-electron chi connectivity index (χ1n) is 17.3. The normalized spacial score (nSPS) is 10.8. The zero-order valence-corrected chi connectivity index (χ0v) is 29.9. The molecule has 0 atom stereocenters. The average Bonchev–Trinajstić information content (AvgIpc) is 3.49. The second-order valence-electron chi connectivity index (χ2n) is 12.1. The van der Waals surface area contributed by atoms with E-state index in [9.17, 15) is 18.8 Å². The molecule has 14 heteroatoms. The van der Waals surface area contributed by atoms with Crippen molar-refractivity contribution in [3.63, 3.8) is 0 Å².